The Morgan fingerprint density at radius 3 is 2.00 bits per heavy atom. The Morgan fingerprint density at radius 1 is 1.50 bits per heavy atom. The van der Waals surface area contributed by atoms with Gasteiger partial charge in [-0.1, -0.05) is 0 Å². The Balaban J connectivity index is -0.000000245. The molecule has 10 heavy (non-hydrogen) atoms. The molecular formula is C3H7ClLi2O3P+. The van der Waals surface area contributed by atoms with Gasteiger partial charge in [-0.2, -0.15) is 0 Å². The topological polar surface area (TPSA) is 60.4 Å². The first-order chi connectivity index (χ1) is 3.56. The van der Waals surface area contributed by atoms with Gasteiger partial charge in [-0.25, -0.2) is 0 Å². The van der Waals surface area contributed by atoms with Crippen LogP contribution in [0.5, 0.6) is 0 Å². The van der Waals surface area contributed by atoms with Gasteiger partial charge in [0.2, 0.25) is 0 Å². The van der Waals surface area contributed by atoms with Crippen LogP contribution in [-0.2, 0) is 4.57 Å². The van der Waals surface area contributed by atoms with Crippen molar-refractivity contribution in [2.24, 2.45) is 0 Å². The molecule has 0 bridgehead atoms. The van der Waals surface area contributed by atoms with E-state index in [0.717, 1.165) is 0 Å². The molecule has 0 fully saturated rings. The third-order valence-electron chi connectivity index (χ3n) is 0.574. The summed E-state index contributed by atoms with van der Waals surface area (Å²) in [5.74, 6) is 0.271. The fraction of sp³-hybridized carbons (Fsp3) is 1.00. The molecule has 0 amide bonds. The summed E-state index contributed by atoms with van der Waals surface area (Å²) in [5.41, 5.74) is 0. The van der Waals surface area contributed by atoms with Crippen LogP contribution in [0, 0.1) is 0 Å². The molecule has 3 nitrogen and oxygen atoms in total. The van der Waals surface area contributed by atoms with Crippen LogP contribution in [0.15, 0.2) is 0 Å². The Labute approximate surface area is 89.4 Å². The SMILES string of the molecule is O=P([O-])(O)CCCCl.[Li+].[Li+]. The summed E-state index contributed by atoms with van der Waals surface area (Å²) in [6.07, 6.45) is 0.106. The van der Waals surface area contributed by atoms with Crippen molar-refractivity contribution < 1.29 is 52.1 Å². The molecule has 0 rings (SSSR count). The van der Waals surface area contributed by atoms with Crippen molar-refractivity contribution in [2.45, 2.75) is 6.42 Å². The summed E-state index contributed by atoms with van der Waals surface area (Å²) in [6.45, 7) is 0. The van der Waals surface area contributed by atoms with Crippen LogP contribution in [0.3, 0.4) is 0 Å². The average Bonchev–Trinajstić information content (AvgIpc) is 1.59. The molecular weight excluding hydrogens is 164 g/mol. The second kappa shape index (κ2) is 8.73. The van der Waals surface area contributed by atoms with Crippen molar-refractivity contribution >= 4 is 19.2 Å². The molecule has 7 heteroatoms. The fourth-order valence-corrected chi connectivity index (χ4v) is 1.14. The predicted molar refractivity (Wildman–Crippen MR) is 30.0 cm³/mol. The normalized spacial score (nSPS) is 14.3. The van der Waals surface area contributed by atoms with Crippen molar-refractivity contribution in [2.75, 3.05) is 12.0 Å². The molecule has 0 radical (unpaired) electrons. The van der Waals surface area contributed by atoms with E-state index < -0.39 is 7.60 Å². The van der Waals surface area contributed by atoms with E-state index in [9.17, 15) is 9.46 Å². The van der Waals surface area contributed by atoms with Gasteiger partial charge in [0.25, 0.3) is 0 Å². The minimum absolute atomic E-state index is 0. The average molecular weight is 171 g/mol. The van der Waals surface area contributed by atoms with Crippen LogP contribution in [-0.4, -0.2) is 16.9 Å². The number of hydrogen-bond acceptors (Lipinski definition) is 2. The van der Waals surface area contributed by atoms with Crippen molar-refractivity contribution in [3.63, 3.8) is 0 Å². The zero-order chi connectivity index (χ0) is 6.62. The maximum absolute atomic E-state index is 9.91. The van der Waals surface area contributed by atoms with Crippen LogP contribution in [0.2, 0.25) is 0 Å². The van der Waals surface area contributed by atoms with Crippen LogP contribution in [0.4, 0.5) is 0 Å². The molecule has 0 saturated heterocycles. The van der Waals surface area contributed by atoms with Gasteiger partial charge in [-0.15, -0.1) is 11.6 Å². The molecule has 1 unspecified atom stereocenters. The summed E-state index contributed by atoms with van der Waals surface area (Å²) in [6, 6.07) is 0. The molecule has 0 saturated carbocycles. The van der Waals surface area contributed by atoms with Crippen molar-refractivity contribution in [3.05, 3.63) is 0 Å². The van der Waals surface area contributed by atoms with E-state index in [2.05, 4.69) is 0 Å². The molecule has 0 spiro atoms. The van der Waals surface area contributed by atoms with E-state index >= 15 is 0 Å². The first-order valence-corrected chi connectivity index (χ1v) is 4.45. The van der Waals surface area contributed by atoms with E-state index in [-0.39, 0.29) is 49.8 Å². The third-order valence-corrected chi connectivity index (χ3v) is 1.72. The van der Waals surface area contributed by atoms with Gasteiger partial charge in [0.15, 0.2) is 0 Å². The Kier molecular flexibility index (Phi) is 15.4. The summed E-state index contributed by atoms with van der Waals surface area (Å²) < 4.78 is 9.91. The summed E-state index contributed by atoms with van der Waals surface area (Å²) in [5, 5.41) is 0. The number of hydrogen-bond donors (Lipinski definition) is 1. The molecule has 0 aliphatic rings. The summed E-state index contributed by atoms with van der Waals surface area (Å²) >= 11 is 5.14. The van der Waals surface area contributed by atoms with Gasteiger partial charge >= 0.3 is 37.7 Å². The number of halogens is 1. The quantitative estimate of drug-likeness (QED) is 0.261. The van der Waals surface area contributed by atoms with Gasteiger partial charge in [0.1, 0.15) is 7.60 Å². The smallest absolute Gasteiger partial charge is 0.779 e. The predicted octanol–water partition coefficient (Wildman–Crippen LogP) is -5.83. The standard InChI is InChI=1S/C3H8ClO3P.2Li/c4-2-1-3-8(5,6)7;;/h1-3H2,(H2,5,6,7);;/q;2*+1/p-1. The second-order valence-electron chi connectivity index (χ2n) is 1.40. The van der Waals surface area contributed by atoms with E-state index in [4.69, 9.17) is 16.5 Å². The van der Waals surface area contributed by atoms with Gasteiger partial charge in [-0.05, 0) is 6.42 Å². The van der Waals surface area contributed by atoms with E-state index in [0.29, 0.717) is 6.42 Å². The first kappa shape index (κ1) is 17.6. The molecule has 0 aromatic carbocycles. The summed E-state index contributed by atoms with van der Waals surface area (Å²) in [7, 11) is -4.02. The Morgan fingerprint density at radius 2 is 1.90 bits per heavy atom. The van der Waals surface area contributed by atoms with Gasteiger partial charge in [0, 0.05) is 12.0 Å². The van der Waals surface area contributed by atoms with Crippen LogP contribution < -0.4 is 42.6 Å². The minimum Gasteiger partial charge on any atom is -0.779 e. The molecule has 0 heterocycles. The maximum atomic E-state index is 9.91. The van der Waals surface area contributed by atoms with Crippen LogP contribution in [0.25, 0.3) is 0 Å². The van der Waals surface area contributed by atoms with Gasteiger partial charge < -0.3 is 14.4 Å². The summed E-state index contributed by atoms with van der Waals surface area (Å²) in [4.78, 5) is 18.0. The second-order valence-corrected chi connectivity index (χ2v) is 3.50. The molecule has 1 atom stereocenters. The molecule has 50 valence electrons. The Bertz CT molecular complexity index is 106. The number of alkyl halides is 1. The Hall–Kier alpha value is 1.63. The third kappa shape index (κ3) is 16.3. The first-order valence-electron chi connectivity index (χ1n) is 2.15. The molecule has 0 aliphatic carbocycles. The fourth-order valence-electron chi connectivity index (χ4n) is 0.260. The largest absolute Gasteiger partial charge is 1.00 e. The van der Waals surface area contributed by atoms with Crippen molar-refractivity contribution in [1.29, 1.82) is 0 Å². The van der Waals surface area contributed by atoms with Crippen LogP contribution in [0.1, 0.15) is 6.42 Å². The molecule has 1 N–H and O–H groups in total. The van der Waals surface area contributed by atoms with Crippen LogP contribution >= 0.6 is 19.2 Å². The molecule has 0 aliphatic heterocycles. The van der Waals surface area contributed by atoms with Crippen molar-refractivity contribution in [3.8, 4) is 0 Å². The molecule has 0 aromatic heterocycles. The number of rotatable bonds is 3. The minimum atomic E-state index is -4.02. The van der Waals surface area contributed by atoms with E-state index in [1.807, 2.05) is 0 Å². The van der Waals surface area contributed by atoms with Gasteiger partial charge in [-0.3, -0.25) is 0 Å². The van der Waals surface area contributed by atoms with E-state index in [1.54, 1.807) is 0 Å². The molecule has 0 aromatic rings. The van der Waals surface area contributed by atoms with Gasteiger partial charge in [0.05, 0.1) is 0 Å². The monoisotopic (exact) mass is 171 g/mol. The zero-order valence-corrected chi connectivity index (χ0v) is 7.86. The van der Waals surface area contributed by atoms with E-state index in [1.165, 1.54) is 0 Å². The van der Waals surface area contributed by atoms with Crippen molar-refractivity contribution in [1.82, 2.24) is 0 Å². The zero-order valence-electron chi connectivity index (χ0n) is 6.21. The maximum Gasteiger partial charge on any atom is 1.00 e.